The van der Waals surface area contributed by atoms with Gasteiger partial charge in [-0.25, -0.2) is 9.37 Å². The molecule has 0 unspecified atom stereocenters. The average molecular weight is 312 g/mol. The Morgan fingerprint density at radius 1 is 1.18 bits per heavy atom. The van der Waals surface area contributed by atoms with Crippen molar-refractivity contribution in [2.24, 2.45) is 7.05 Å². The summed E-state index contributed by atoms with van der Waals surface area (Å²) in [6.45, 7) is 0. The average Bonchev–Trinajstić information content (AvgIpc) is 2.85. The molecule has 0 N–H and O–H groups in total. The minimum atomic E-state index is -0.352. The number of rotatable bonds is 4. The van der Waals surface area contributed by atoms with Gasteiger partial charge in [-0.2, -0.15) is 0 Å². The molecule has 5 heteroatoms. The van der Waals surface area contributed by atoms with E-state index < -0.39 is 0 Å². The first-order chi connectivity index (χ1) is 10.6. The van der Waals surface area contributed by atoms with Crippen molar-refractivity contribution in [2.75, 3.05) is 0 Å². The van der Waals surface area contributed by atoms with E-state index in [4.69, 9.17) is 0 Å². The van der Waals surface area contributed by atoms with Gasteiger partial charge in [-0.3, -0.25) is 4.79 Å². The van der Waals surface area contributed by atoms with E-state index in [0.29, 0.717) is 5.56 Å². The van der Waals surface area contributed by atoms with Gasteiger partial charge in [0.05, 0.1) is 11.0 Å². The molecule has 0 spiro atoms. The maximum atomic E-state index is 12.8. The van der Waals surface area contributed by atoms with Crippen molar-refractivity contribution in [3.63, 3.8) is 0 Å². The molecular formula is C17H13FN2OS. The van der Waals surface area contributed by atoms with Crippen LogP contribution in [0.5, 0.6) is 0 Å². The van der Waals surface area contributed by atoms with Gasteiger partial charge in [0.25, 0.3) is 0 Å². The molecule has 0 amide bonds. The van der Waals surface area contributed by atoms with Crippen LogP contribution in [0.1, 0.15) is 10.4 Å². The topological polar surface area (TPSA) is 34.9 Å². The number of aryl methyl sites for hydroxylation is 1. The van der Waals surface area contributed by atoms with Gasteiger partial charge < -0.3 is 4.57 Å². The summed E-state index contributed by atoms with van der Waals surface area (Å²) in [4.78, 5) is 16.5. The number of aromatic nitrogens is 2. The highest BCUT2D eigenvalue weighted by Crippen LogP contribution is 2.23. The van der Waals surface area contributed by atoms with Crippen molar-refractivity contribution in [1.82, 2.24) is 9.55 Å². The summed E-state index contributed by atoms with van der Waals surface area (Å²) >= 11 is 1.38. The van der Waals surface area contributed by atoms with Crippen LogP contribution in [0.3, 0.4) is 0 Å². The maximum absolute atomic E-state index is 12.8. The number of fused-ring (bicyclic) bond motifs is 1. The zero-order valence-electron chi connectivity index (χ0n) is 11.9. The third-order valence-corrected chi connectivity index (χ3v) is 4.12. The van der Waals surface area contributed by atoms with E-state index in [1.165, 1.54) is 42.1 Å². The van der Waals surface area contributed by atoms with Crippen molar-refractivity contribution in [1.29, 1.82) is 0 Å². The molecule has 3 rings (SSSR count). The minimum absolute atomic E-state index is 0.161. The number of hydrogen-bond donors (Lipinski definition) is 0. The largest absolute Gasteiger partial charge is 0.322 e. The number of allylic oxidation sites excluding steroid dienone is 1. The predicted octanol–water partition coefficient (Wildman–Crippen LogP) is 4.20. The monoisotopic (exact) mass is 312 g/mol. The lowest BCUT2D eigenvalue weighted by molar-refractivity contribution is 0.104. The maximum Gasteiger partial charge on any atom is 0.186 e. The second-order valence-corrected chi connectivity index (χ2v) is 5.61. The number of carbonyl (C=O) groups is 1. The predicted molar refractivity (Wildman–Crippen MR) is 86.4 cm³/mol. The van der Waals surface area contributed by atoms with Crippen molar-refractivity contribution in [3.05, 3.63) is 71.4 Å². The van der Waals surface area contributed by atoms with Crippen LogP contribution in [0.25, 0.3) is 11.0 Å². The number of hydrogen-bond acceptors (Lipinski definition) is 3. The molecule has 0 saturated carbocycles. The smallest absolute Gasteiger partial charge is 0.186 e. The molecule has 0 aliphatic heterocycles. The van der Waals surface area contributed by atoms with Crippen LogP contribution in [-0.2, 0) is 7.05 Å². The zero-order valence-corrected chi connectivity index (χ0v) is 12.7. The Balaban J connectivity index is 1.74. The Morgan fingerprint density at radius 2 is 1.91 bits per heavy atom. The Kier molecular flexibility index (Phi) is 4.06. The number of para-hydroxylation sites is 2. The number of imidazole rings is 1. The van der Waals surface area contributed by atoms with Crippen LogP contribution in [-0.4, -0.2) is 15.3 Å². The molecular weight excluding hydrogens is 299 g/mol. The number of nitrogens with zero attached hydrogens (tertiary/aromatic N) is 2. The normalized spacial score (nSPS) is 11.4. The Labute approximate surface area is 131 Å². The molecule has 0 atom stereocenters. The minimum Gasteiger partial charge on any atom is -0.322 e. The first kappa shape index (κ1) is 14.5. The van der Waals surface area contributed by atoms with Crippen molar-refractivity contribution >= 4 is 28.6 Å². The van der Waals surface area contributed by atoms with E-state index in [-0.39, 0.29) is 11.6 Å². The summed E-state index contributed by atoms with van der Waals surface area (Å²) in [6.07, 6.45) is 1.47. The van der Waals surface area contributed by atoms with Crippen molar-refractivity contribution in [2.45, 2.75) is 5.16 Å². The van der Waals surface area contributed by atoms with Crippen LogP contribution >= 0.6 is 11.8 Å². The lowest BCUT2D eigenvalue weighted by atomic mass is 10.1. The fourth-order valence-electron chi connectivity index (χ4n) is 2.10. The van der Waals surface area contributed by atoms with Crippen LogP contribution < -0.4 is 0 Å². The van der Waals surface area contributed by atoms with Crippen LogP contribution in [0, 0.1) is 5.82 Å². The molecule has 22 heavy (non-hydrogen) atoms. The second kappa shape index (κ2) is 6.15. The van der Waals surface area contributed by atoms with Gasteiger partial charge in [0.15, 0.2) is 10.9 Å². The lowest BCUT2D eigenvalue weighted by Crippen LogP contribution is -1.94. The number of halogens is 1. The van der Waals surface area contributed by atoms with Gasteiger partial charge in [0.2, 0.25) is 0 Å². The molecule has 0 aliphatic carbocycles. The molecule has 0 aliphatic rings. The fraction of sp³-hybridized carbons (Fsp3) is 0.0588. The molecule has 2 aromatic carbocycles. The number of benzene rings is 2. The number of carbonyl (C=O) groups excluding carboxylic acids is 1. The van der Waals surface area contributed by atoms with Gasteiger partial charge in [-0.1, -0.05) is 23.9 Å². The van der Waals surface area contributed by atoms with Crippen LogP contribution in [0.15, 0.2) is 65.2 Å². The Bertz CT molecular complexity index is 853. The van der Waals surface area contributed by atoms with Crippen LogP contribution in [0.2, 0.25) is 0 Å². The van der Waals surface area contributed by atoms with Gasteiger partial charge >= 0.3 is 0 Å². The molecule has 110 valence electrons. The summed E-state index contributed by atoms with van der Waals surface area (Å²) in [5, 5.41) is 2.51. The van der Waals surface area contributed by atoms with E-state index in [0.717, 1.165) is 16.2 Å². The SMILES string of the molecule is Cn1c(S/C=C/C(=O)c2ccc(F)cc2)nc2ccccc21. The molecule has 1 heterocycles. The molecule has 0 radical (unpaired) electrons. The summed E-state index contributed by atoms with van der Waals surface area (Å²) < 4.78 is 14.8. The first-order valence-corrected chi connectivity index (χ1v) is 7.57. The van der Waals surface area contributed by atoms with E-state index in [9.17, 15) is 9.18 Å². The third-order valence-electron chi connectivity index (χ3n) is 3.27. The highest BCUT2D eigenvalue weighted by atomic mass is 32.2. The highest BCUT2D eigenvalue weighted by Gasteiger charge is 2.06. The molecule has 3 aromatic rings. The highest BCUT2D eigenvalue weighted by molar-refractivity contribution is 8.02. The van der Waals surface area contributed by atoms with E-state index in [2.05, 4.69) is 4.98 Å². The van der Waals surface area contributed by atoms with Crippen molar-refractivity contribution in [3.8, 4) is 0 Å². The Morgan fingerprint density at radius 3 is 2.64 bits per heavy atom. The zero-order chi connectivity index (χ0) is 15.5. The summed E-state index contributed by atoms with van der Waals surface area (Å²) in [5.74, 6) is -0.513. The van der Waals surface area contributed by atoms with Crippen molar-refractivity contribution < 1.29 is 9.18 Å². The van der Waals surface area contributed by atoms with Gasteiger partial charge in [-0.05, 0) is 47.9 Å². The fourth-order valence-corrected chi connectivity index (χ4v) is 2.82. The summed E-state index contributed by atoms with van der Waals surface area (Å²) in [6, 6.07) is 13.4. The third kappa shape index (κ3) is 2.94. The molecule has 0 bridgehead atoms. The van der Waals surface area contributed by atoms with Gasteiger partial charge in [0, 0.05) is 12.6 Å². The molecule has 1 aromatic heterocycles. The van der Waals surface area contributed by atoms with E-state index in [1.54, 1.807) is 5.41 Å². The van der Waals surface area contributed by atoms with Gasteiger partial charge in [0.1, 0.15) is 5.82 Å². The van der Waals surface area contributed by atoms with Crippen LogP contribution in [0.4, 0.5) is 4.39 Å². The lowest BCUT2D eigenvalue weighted by Gasteiger charge is -1.98. The quantitative estimate of drug-likeness (QED) is 0.411. The first-order valence-electron chi connectivity index (χ1n) is 6.70. The summed E-state index contributed by atoms with van der Waals surface area (Å²) in [7, 11) is 1.94. The standard InChI is InChI=1S/C17H13FN2OS/c1-20-15-5-3-2-4-14(15)19-17(20)22-11-10-16(21)12-6-8-13(18)9-7-12/h2-11H,1H3/b11-10+. The van der Waals surface area contributed by atoms with E-state index >= 15 is 0 Å². The van der Waals surface area contributed by atoms with E-state index in [1.807, 2.05) is 35.9 Å². The number of thioether (sulfide) groups is 1. The molecule has 0 fully saturated rings. The molecule has 3 nitrogen and oxygen atoms in total. The molecule has 0 saturated heterocycles. The Hall–Kier alpha value is -2.40. The summed E-state index contributed by atoms with van der Waals surface area (Å²) in [5.41, 5.74) is 2.43. The number of ketones is 1. The van der Waals surface area contributed by atoms with Gasteiger partial charge in [-0.15, -0.1) is 0 Å². The second-order valence-electron chi connectivity index (χ2n) is 4.73.